The van der Waals surface area contributed by atoms with E-state index in [1.54, 1.807) is 0 Å². The van der Waals surface area contributed by atoms with E-state index >= 15 is 0 Å². The number of anilines is 1. The lowest BCUT2D eigenvalue weighted by atomic mass is 10.1. The van der Waals surface area contributed by atoms with Crippen LogP contribution in [0.3, 0.4) is 0 Å². The molecule has 0 aliphatic heterocycles. The van der Waals surface area contributed by atoms with Crippen LogP contribution in [0.5, 0.6) is 0 Å². The molecule has 2 heterocycles. The Morgan fingerprint density at radius 2 is 2.09 bits per heavy atom. The number of carbonyl (C=O) groups is 1. The predicted octanol–water partition coefficient (Wildman–Crippen LogP) is 4.58. The molecular weight excluding hydrogens is 310 g/mol. The average molecular weight is 329 g/mol. The van der Waals surface area contributed by atoms with Gasteiger partial charge in [0, 0.05) is 17.4 Å². The van der Waals surface area contributed by atoms with Gasteiger partial charge in [-0.3, -0.25) is 10.1 Å². The molecule has 1 aromatic carbocycles. The zero-order chi connectivity index (χ0) is 16.2. The maximum atomic E-state index is 12.4. The summed E-state index contributed by atoms with van der Waals surface area (Å²) in [5.41, 5.74) is 1.55. The molecule has 0 unspecified atom stereocenters. The first kappa shape index (κ1) is 15.7. The molecule has 0 saturated carbocycles. The number of aryl methyl sites for hydroxylation is 2. The fourth-order valence-corrected chi connectivity index (χ4v) is 3.25. The lowest BCUT2D eigenvalue weighted by Crippen LogP contribution is -2.11. The van der Waals surface area contributed by atoms with E-state index in [9.17, 15) is 4.79 Å². The van der Waals surface area contributed by atoms with E-state index in [1.165, 1.54) is 24.2 Å². The van der Waals surface area contributed by atoms with Crippen LogP contribution in [0.1, 0.15) is 47.3 Å². The Labute approximate surface area is 138 Å². The van der Waals surface area contributed by atoms with Crippen molar-refractivity contribution in [3.63, 3.8) is 0 Å². The van der Waals surface area contributed by atoms with Crippen LogP contribution in [-0.4, -0.2) is 16.1 Å². The molecule has 120 valence electrons. The summed E-state index contributed by atoms with van der Waals surface area (Å²) in [4.78, 5) is 12.4. The first-order valence-electron chi connectivity index (χ1n) is 7.81. The number of unbranched alkanes of at least 4 members (excludes halogenated alkanes) is 2. The van der Waals surface area contributed by atoms with Crippen molar-refractivity contribution in [2.24, 2.45) is 0 Å². The third-order valence-corrected chi connectivity index (χ3v) is 4.63. The van der Waals surface area contributed by atoms with Crippen molar-refractivity contribution in [1.82, 2.24) is 10.2 Å². The van der Waals surface area contributed by atoms with Gasteiger partial charge in [-0.1, -0.05) is 49.3 Å². The minimum absolute atomic E-state index is 0.282. The largest absolute Gasteiger partial charge is 0.451 e. The van der Waals surface area contributed by atoms with E-state index in [0.29, 0.717) is 16.5 Å². The summed E-state index contributed by atoms with van der Waals surface area (Å²) < 4.78 is 5.66. The molecule has 5 nitrogen and oxygen atoms in total. The van der Waals surface area contributed by atoms with E-state index in [4.69, 9.17) is 4.42 Å². The maximum absolute atomic E-state index is 12.4. The first-order chi connectivity index (χ1) is 11.2. The molecule has 2 aromatic heterocycles. The van der Waals surface area contributed by atoms with Gasteiger partial charge in [-0.05, 0) is 19.4 Å². The molecular formula is C17H19N3O2S. The number of para-hydroxylation sites is 1. The molecule has 0 spiro atoms. The summed E-state index contributed by atoms with van der Waals surface area (Å²) >= 11 is 1.42. The second-order valence-corrected chi connectivity index (χ2v) is 6.53. The molecule has 0 aliphatic carbocycles. The van der Waals surface area contributed by atoms with Gasteiger partial charge in [0.05, 0.1) is 0 Å². The summed E-state index contributed by atoms with van der Waals surface area (Å²) in [6.07, 6.45) is 4.36. The highest BCUT2D eigenvalue weighted by atomic mass is 32.1. The van der Waals surface area contributed by atoms with E-state index in [-0.39, 0.29) is 5.91 Å². The van der Waals surface area contributed by atoms with Crippen molar-refractivity contribution in [3.05, 3.63) is 40.6 Å². The Kier molecular flexibility index (Phi) is 4.71. The molecule has 0 bridgehead atoms. The van der Waals surface area contributed by atoms with E-state index in [1.807, 2.05) is 31.2 Å². The van der Waals surface area contributed by atoms with E-state index in [0.717, 1.165) is 28.8 Å². The van der Waals surface area contributed by atoms with Crippen LogP contribution in [0.15, 0.2) is 28.7 Å². The smallest absolute Gasteiger partial charge is 0.293 e. The van der Waals surface area contributed by atoms with Gasteiger partial charge in [0.25, 0.3) is 5.91 Å². The number of nitrogens with zero attached hydrogens (tertiary/aromatic N) is 2. The van der Waals surface area contributed by atoms with Crippen molar-refractivity contribution < 1.29 is 9.21 Å². The second-order valence-electron chi connectivity index (χ2n) is 5.46. The van der Waals surface area contributed by atoms with Crippen LogP contribution in [-0.2, 0) is 6.42 Å². The fraction of sp³-hybridized carbons (Fsp3) is 0.353. The Hall–Kier alpha value is -2.21. The molecule has 23 heavy (non-hydrogen) atoms. The lowest BCUT2D eigenvalue weighted by molar-refractivity contribution is 0.0998. The minimum atomic E-state index is -0.282. The van der Waals surface area contributed by atoms with Crippen LogP contribution in [0.25, 0.3) is 11.0 Å². The molecule has 6 heteroatoms. The Morgan fingerprint density at radius 1 is 1.26 bits per heavy atom. The number of furan rings is 1. The minimum Gasteiger partial charge on any atom is -0.451 e. The number of benzene rings is 1. The van der Waals surface area contributed by atoms with Crippen LogP contribution in [0.2, 0.25) is 0 Å². The Bertz CT molecular complexity index is 822. The highest BCUT2D eigenvalue weighted by Crippen LogP contribution is 2.26. The van der Waals surface area contributed by atoms with Gasteiger partial charge in [0.1, 0.15) is 10.6 Å². The fourth-order valence-electron chi connectivity index (χ4n) is 2.48. The summed E-state index contributed by atoms with van der Waals surface area (Å²) in [6, 6.07) is 7.62. The number of nitrogens with one attached hydrogen (secondary N) is 1. The van der Waals surface area contributed by atoms with Gasteiger partial charge in [-0.2, -0.15) is 0 Å². The molecule has 0 fully saturated rings. The normalized spacial score (nSPS) is 11.0. The zero-order valence-corrected chi connectivity index (χ0v) is 14.1. The molecule has 0 saturated heterocycles. The Morgan fingerprint density at radius 3 is 2.87 bits per heavy atom. The van der Waals surface area contributed by atoms with Gasteiger partial charge in [-0.15, -0.1) is 10.2 Å². The van der Waals surface area contributed by atoms with Crippen LogP contribution in [0.4, 0.5) is 5.13 Å². The SMILES string of the molecule is CCCCCc1nnc(NC(=O)c2oc3ccccc3c2C)s1. The second kappa shape index (κ2) is 6.91. The van der Waals surface area contributed by atoms with Crippen molar-refractivity contribution in [2.45, 2.75) is 39.5 Å². The molecule has 1 amide bonds. The third-order valence-electron chi connectivity index (χ3n) is 3.73. The third kappa shape index (κ3) is 3.42. The van der Waals surface area contributed by atoms with Crippen LogP contribution >= 0.6 is 11.3 Å². The summed E-state index contributed by atoms with van der Waals surface area (Å²) in [6.45, 7) is 4.05. The number of hydrogen-bond donors (Lipinski definition) is 1. The molecule has 1 N–H and O–H groups in total. The van der Waals surface area contributed by atoms with Crippen molar-refractivity contribution in [3.8, 4) is 0 Å². The van der Waals surface area contributed by atoms with Gasteiger partial charge in [0.15, 0.2) is 5.76 Å². The van der Waals surface area contributed by atoms with E-state index in [2.05, 4.69) is 22.4 Å². The topological polar surface area (TPSA) is 68.0 Å². The average Bonchev–Trinajstić information content (AvgIpc) is 3.13. The van der Waals surface area contributed by atoms with Crippen molar-refractivity contribution >= 4 is 33.3 Å². The van der Waals surface area contributed by atoms with Gasteiger partial charge >= 0.3 is 0 Å². The number of aromatic nitrogens is 2. The number of fused-ring (bicyclic) bond motifs is 1. The van der Waals surface area contributed by atoms with Crippen LogP contribution < -0.4 is 5.32 Å². The van der Waals surface area contributed by atoms with Gasteiger partial charge in [0.2, 0.25) is 5.13 Å². The molecule has 3 aromatic rings. The highest BCUT2D eigenvalue weighted by molar-refractivity contribution is 7.15. The van der Waals surface area contributed by atoms with Gasteiger partial charge < -0.3 is 4.42 Å². The maximum Gasteiger partial charge on any atom is 0.293 e. The number of carbonyl (C=O) groups excluding carboxylic acids is 1. The number of amides is 1. The molecule has 0 atom stereocenters. The zero-order valence-electron chi connectivity index (χ0n) is 13.3. The standard InChI is InChI=1S/C17H19N3O2S/c1-3-4-5-10-14-19-20-17(23-14)18-16(21)15-11(2)12-8-6-7-9-13(12)22-15/h6-9H,3-5,10H2,1-2H3,(H,18,20,21). The first-order valence-corrected chi connectivity index (χ1v) is 8.62. The number of hydrogen-bond acceptors (Lipinski definition) is 5. The van der Waals surface area contributed by atoms with Crippen LogP contribution in [0, 0.1) is 6.92 Å². The predicted molar refractivity (Wildman–Crippen MR) is 92.0 cm³/mol. The summed E-state index contributed by atoms with van der Waals surface area (Å²) in [5, 5.41) is 13.4. The lowest BCUT2D eigenvalue weighted by Gasteiger charge is -1.98. The molecule has 0 aliphatic rings. The summed E-state index contributed by atoms with van der Waals surface area (Å²) in [5.74, 6) is 0.0453. The highest BCUT2D eigenvalue weighted by Gasteiger charge is 2.18. The van der Waals surface area contributed by atoms with Crippen molar-refractivity contribution in [1.29, 1.82) is 0 Å². The molecule has 0 radical (unpaired) electrons. The summed E-state index contributed by atoms with van der Waals surface area (Å²) in [7, 11) is 0. The monoisotopic (exact) mass is 329 g/mol. The van der Waals surface area contributed by atoms with Crippen molar-refractivity contribution in [2.75, 3.05) is 5.32 Å². The van der Waals surface area contributed by atoms with E-state index < -0.39 is 0 Å². The quantitative estimate of drug-likeness (QED) is 0.672. The Balaban J connectivity index is 1.72. The number of rotatable bonds is 6. The van der Waals surface area contributed by atoms with Gasteiger partial charge in [-0.25, -0.2) is 0 Å². The molecule has 3 rings (SSSR count).